The van der Waals surface area contributed by atoms with E-state index in [2.05, 4.69) is 52.8 Å². The Morgan fingerprint density at radius 2 is 1.94 bits per heavy atom. The third-order valence-electron chi connectivity index (χ3n) is 2.38. The fourth-order valence-electron chi connectivity index (χ4n) is 1.43. The van der Waals surface area contributed by atoms with E-state index in [-0.39, 0.29) is 0 Å². The molecule has 0 radical (unpaired) electrons. The predicted molar refractivity (Wildman–Crippen MR) is 69.3 cm³/mol. The van der Waals surface area contributed by atoms with Crippen molar-refractivity contribution in [2.75, 3.05) is 0 Å². The Hall–Kier alpha value is -1.34. The van der Waals surface area contributed by atoms with Gasteiger partial charge in [-0.25, -0.2) is 0 Å². The number of nitrogens with one attached hydrogen (secondary N) is 1. The average Bonchev–Trinajstić information content (AvgIpc) is 2.94. The van der Waals surface area contributed by atoms with Crippen LogP contribution in [0.4, 0.5) is 0 Å². The minimum Gasteiger partial charge on any atom is -0.418 e. The number of hydrogen-bond acceptors (Lipinski definition) is 7. The molecule has 0 fully saturated rings. The topological polar surface area (TPSA) is 76.7 Å². The van der Waals surface area contributed by atoms with Gasteiger partial charge in [0.2, 0.25) is 5.89 Å². The van der Waals surface area contributed by atoms with Gasteiger partial charge in [-0.15, -0.1) is 15.3 Å². The van der Waals surface area contributed by atoms with Crippen molar-refractivity contribution in [2.24, 2.45) is 0 Å². The van der Waals surface area contributed by atoms with Crippen LogP contribution >= 0.6 is 11.5 Å². The van der Waals surface area contributed by atoms with Crippen molar-refractivity contribution in [3.63, 3.8) is 0 Å². The molecule has 2 heterocycles. The van der Waals surface area contributed by atoms with Gasteiger partial charge in [-0.2, -0.15) is 0 Å². The minimum absolute atomic E-state index is 0.294. The second kappa shape index (κ2) is 5.53. The van der Waals surface area contributed by atoms with E-state index in [0.717, 1.165) is 10.6 Å². The first-order valence-electron chi connectivity index (χ1n) is 5.96. The number of rotatable bonds is 5. The zero-order valence-corrected chi connectivity index (χ0v) is 11.8. The summed E-state index contributed by atoms with van der Waals surface area (Å²) in [5.74, 6) is 1.39. The summed E-state index contributed by atoms with van der Waals surface area (Å²) in [6, 6.07) is 0.386. The van der Waals surface area contributed by atoms with E-state index in [0.29, 0.717) is 30.3 Å². The summed E-state index contributed by atoms with van der Waals surface area (Å²) in [4.78, 5) is 0.869. The lowest BCUT2D eigenvalue weighted by Gasteiger charge is -2.03. The van der Waals surface area contributed by atoms with E-state index in [1.807, 2.05) is 0 Å². The first-order valence-corrected chi connectivity index (χ1v) is 6.73. The van der Waals surface area contributed by atoms with E-state index < -0.39 is 0 Å². The fraction of sp³-hybridized carbons (Fsp3) is 0.636. The van der Waals surface area contributed by atoms with Gasteiger partial charge in [-0.3, -0.25) is 0 Å². The molecule has 6 nitrogen and oxygen atoms in total. The Labute approximate surface area is 110 Å². The minimum atomic E-state index is 0.294. The Morgan fingerprint density at radius 3 is 2.61 bits per heavy atom. The predicted octanol–water partition coefficient (Wildman–Crippen LogP) is 2.21. The molecule has 7 heteroatoms. The normalized spacial score (nSPS) is 11.7. The number of nitrogens with zero attached hydrogens (tertiary/aromatic N) is 4. The van der Waals surface area contributed by atoms with Crippen LogP contribution in [0.5, 0.6) is 0 Å². The van der Waals surface area contributed by atoms with Crippen LogP contribution in [0.15, 0.2) is 4.42 Å². The molecular formula is C11H17N5OS. The SMILES string of the molecule is CC(C)NCc1nnc(-c2snnc2C(C)C)o1. The smallest absolute Gasteiger partial charge is 0.261 e. The van der Waals surface area contributed by atoms with E-state index >= 15 is 0 Å². The molecule has 0 aliphatic heterocycles. The van der Waals surface area contributed by atoms with Crippen LogP contribution < -0.4 is 5.32 Å². The number of hydrogen-bond donors (Lipinski definition) is 1. The highest BCUT2D eigenvalue weighted by Gasteiger charge is 2.18. The summed E-state index contributed by atoms with van der Waals surface area (Å²) in [5.41, 5.74) is 0.909. The van der Waals surface area contributed by atoms with Crippen LogP contribution in [0.2, 0.25) is 0 Å². The largest absolute Gasteiger partial charge is 0.418 e. The lowest BCUT2D eigenvalue weighted by Crippen LogP contribution is -2.21. The highest BCUT2D eigenvalue weighted by molar-refractivity contribution is 7.09. The Bertz CT molecular complexity index is 505. The van der Waals surface area contributed by atoms with Crippen molar-refractivity contribution in [1.29, 1.82) is 0 Å². The molecule has 0 amide bonds. The molecule has 0 atom stereocenters. The van der Waals surface area contributed by atoms with Gasteiger partial charge in [0.15, 0.2) is 0 Å². The first-order chi connectivity index (χ1) is 8.58. The van der Waals surface area contributed by atoms with Crippen LogP contribution in [0.3, 0.4) is 0 Å². The van der Waals surface area contributed by atoms with Gasteiger partial charge in [0.25, 0.3) is 5.89 Å². The first kappa shape index (κ1) is 13.1. The lowest BCUT2D eigenvalue weighted by atomic mass is 10.1. The zero-order valence-electron chi connectivity index (χ0n) is 11.0. The van der Waals surface area contributed by atoms with E-state index in [4.69, 9.17) is 4.42 Å². The maximum absolute atomic E-state index is 5.61. The van der Waals surface area contributed by atoms with E-state index in [1.165, 1.54) is 11.5 Å². The Balaban J connectivity index is 2.16. The molecule has 2 aromatic rings. The van der Waals surface area contributed by atoms with Crippen LogP contribution in [0, 0.1) is 0 Å². The van der Waals surface area contributed by atoms with Crippen molar-refractivity contribution >= 4 is 11.5 Å². The quantitative estimate of drug-likeness (QED) is 0.895. The van der Waals surface area contributed by atoms with Crippen molar-refractivity contribution in [3.05, 3.63) is 11.6 Å². The van der Waals surface area contributed by atoms with Gasteiger partial charge in [-0.05, 0) is 17.5 Å². The van der Waals surface area contributed by atoms with Crippen molar-refractivity contribution in [2.45, 2.75) is 46.2 Å². The van der Waals surface area contributed by atoms with Gasteiger partial charge in [0.05, 0.1) is 12.2 Å². The maximum Gasteiger partial charge on any atom is 0.261 e. The summed E-state index contributed by atoms with van der Waals surface area (Å²) in [6.07, 6.45) is 0. The van der Waals surface area contributed by atoms with Crippen LogP contribution in [0.25, 0.3) is 10.8 Å². The molecule has 1 N–H and O–H groups in total. The van der Waals surface area contributed by atoms with Crippen LogP contribution in [0.1, 0.15) is 45.2 Å². The monoisotopic (exact) mass is 267 g/mol. The average molecular weight is 267 g/mol. The molecule has 0 aliphatic carbocycles. The number of aromatic nitrogens is 4. The molecule has 0 aliphatic rings. The van der Waals surface area contributed by atoms with Gasteiger partial charge in [0, 0.05) is 6.04 Å². The molecule has 2 rings (SSSR count). The van der Waals surface area contributed by atoms with E-state index in [9.17, 15) is 0 Å². The molecule has 0 aromatic carbocycles. The van der Waals surface area contributed by atoms with Gasteiger partial charge in [-0.1, -0.05) is 32.2 Å². The molecule has 0 spiro atoms. The van der Waals surface area contributed by atoms with Crippen molar-refractivity contribution in [3.8, 4) is 10.8 Å². The summed E-state index contributed by atoms with van der Waals surface area (Å²) in [6.45, 7) is 8.85. The standard InChI is InChI=1S/C11H17N5OS/c1-6(2)9-10(18-16-14-9)11-15-13-8(17-11)5-12-7(3)4/h6-7,12H,5H2,1-4H3. The molecule has 0 bridgehead atoms. The molecule has 0 unspecified atom stereocenters. The molecule has 98 valence electrons. The second-order valence-electron chi connectivity index (χ2n) is 4.68. The van der Waals surface area contributed by atoms with Gasteiger partial charge >= 0.3 is 0 Å². The third kappa shape index (κ3) is 2.91. The fourth-order valence-corrected chi connectivity index (χ4v) is 2.17. The van der Waals surface area contributed by atoms with Crippen LogP contribution in [-0.4, -0.2) is 25.8 Å². The molecule has 0 saturated carbocycles. The summed E-state index contributed by atoms with van der Waals surface area (Å²) < 4.78 is 9.57. The van der Waals surface area contributed by atoms with Crippen molar-refractivity contribution in [1.82, 2.24) is 25.1 Å². The molecule has 0 saturated heterocycles. The van der Waals surface area contributed by atoms with Crippen molar-refractivity contribution < 1.29 is 4.42 Å². The molecule has 2 aromatic heterocycles. The second-order valence-corrected chi connectivity index (χ2v) is 5.43. The highest BCUT2D eigenvalue weighted by atomic mass is 32.1. The molecular weight excluding hydrogens is 250 g/mol. The van der Waals surface area contributed by atoms with E-state index in [1.54, 1.807) is 0 Å². The summed E-state index contributed by atoms with van der Waals surface area (Å²) in [5, 5.41) is 15.4. The third-order valence-corrected chi connectivity index (χ3v) is 3.11. The Morgan fingerprint density at radius 1 is 1.17 bits per heavy atom. The zero-order chi connectivity index (χ0) is 13.1. The van der Waals surface area contributed by atoms with Gasteiger partial charge < -0.3 is 9.73 Å². The van der Waals surface area contributed by atoms with Crippen LogP contribution in [-0.2, 0) is 6.54 Å². The summed E-state index contributed by atoms with van der Waals surface area (Å²) in [7, 11) is 0. The lowest BCUT2D eigenvalue weighted by molar-refractivity contribution is 0.459. The maximum atomic E-state index is 5.61. The Kier molecular flexibility index (Phi) is 4.03. The highest BCUT2D eigenvalue weighted by Crippen LogP contribution is 2.29. The summed E-state index contributed by atoms with van der Waals surface area (Å²) >= 11 is 1.29. The molecule has 18 heavy (non-hydrogen) atoms. The van der Waals surface area contributed by atoms with Gasteiger partial charge in [0.1, 0.15) is 4.88 Å².